The molecular weight excluding hydrogens is 150 g/mol. The first kappa shape index (κ1) is 6.86. The monoisotopic (exact) mass is 157 g/mol. The van der Waals surface area contributed by atoms with Gasteiger partial charge >= 0.3 is 0 Å². The second-order valence-electron chi connectivity index (χ2n) is 2.68. The summed E-state index contributed by atoms with van der Waals surface area (Å²) in [4.78, 5) is 7.10. The minimum atomic E-state index is 0.448. The van der Waals surface area contributed by atoms with Gasteiger partial charge in [0.15, 0.2) is 0 Å². The van der Waals surface area contributed by atoms with Crippen LogP contribution in [-0.4, -0.2) is 9.97 Å². The van der Waals surface area contributed by atoms with Gasteiger partial charge in [0.2, 0.25) is 0 Å². The van der Waals surface area contributed by atoms with E-state index in [1.54, 1.807) is 6.07 Å². The highest BCUT2D eigenvalue weighted by atomic mass is 14.8. The maximum atomic E-state index is 8.58. The fourth-order valence-electron chi connectivity index (χ4n) is 1.20. The number of rotatable bonds is 0. The Morgan fingerprint density at radius 2 is 2.33 bits per heavy atom. The molecule has 0 radical (unpaired) electrons. The Kier molecular flexibility index (Phi) is 1.34. The van der Waals surface area contributed by atoms with Gasteiger partial charge in [-0.15, -0.1) is 0 Å². The van der Waals surface area contributed by atoms with Gasteiger partial charge in [-0.25, -0.2) is 4.98 Å². The first-order valence-electron chi connectivity index (χ1n) is 3.66. The summed E-state index contributed by atoms with van der Waals surface area (Å²) in [5, 5.41) is 9.66. The number of aryl methyl sites for hydroxylation is 1. The Bertz CT molecular complexity index is 462. The largest absolute Gasteiger partial charge is 0.346 e. The molecule has 0 aliphatic carbocycles. The van der Waals surface area contributed by atoms with Crippen molar-refractivity contribution in [2.45, 2.75) is 6.92 Å². The number of aromatic nitrogens is 2. The van der Waals surface area contributed by atoms with Gasteiger partial charge in [0.05, 0.1) is 0 Å². The van der Waals surface area contributed by atoms with Crippen molar-refractivity contribution in [3.8, 4) is 6.07 Å². The molecule has 2 rings (SSSR count). The lowest BCUT2D eigenvalue weighted by atomic mass is 10.2. The molecule has 2 aromatic rings. The number of aromatic amines is 1. The van der Waals surface area contributed by atoms with Crippen LogP contribution in [0, 0.1) is 18.3 Å². The van der Waals surface area contributed by atoms with Gasteiger partial charge in [0.1, 0.15) is 17.4 Å². The molecule has 12 heavy (non-hydrogen) atoms. The summed E-state index contributed by atoms with van der Waals surface area (Å²) >= 11 is 0. The molecule has 0 amide bonds. The molecule has 0 saturated heterocycles. The molecule has 3 heteroatoms. The van der Waals surface area contributed by atoms with Crippen molar-refractivity contribution in [2.75, 3.05) is 0 Å². The predicted octanol–water partition coefficient (Wildman–Crippen LogP) is 1.74. The van der Waals surface area contributed by atoms with Crippen LogP contribution in [0.15, 0.2) is 18.3 Å². The van der Waals surface area contributed by atoms with E-state index in [2.05, 4.69) is 9.97 Å². The van der Waals surface area contributed by atoms with E-state index in [1.807, 2.05) is 25.3 Å². The highest BCUT2D eigenvalue weighted by Gasteiger charge is 2.00. The molecule has 2 aromatic heterocycles. The second kappa shape index (κ2) is 2.35. The van der Waals surface area contributed by atoms with Crippen LogP contribution in [-0.2, 0) is 0 Å². The minimum absolute atomic E-state index is 0.448. The maximum absolute atomic E-state index is 8.58. The molecule has 0 fully saturated rings. The van der Waals surface area contributed by atoms with Crippen LogP contribution in [0.3, 0.4) is 0 Å². The van der Waals surface area contributed by atoms with Crippen LogP contribution in [0.5, 0.6) is 0 Å². The van der Waals surface area contributed by atoms with Crippen molar-refractivity contribution in [3.05, 3.63) is 29.6 Å². The summed E-state index contributed by atoms with van der Waals surface area (Å²) in [6.07, 6.45) is 1.89. The zero-order chi connectivity index (χ0) is 8.55. The van der Waals surface area contributed by atoms with Crippen LogP contribution >= 0.6 is 0 Å². The number of nitrogens with zero attached hydrogens (tertiary/aromatic N) is 2. The molecule has 0 unspecified atom stereocenters. The third-order valence-electron chi connectivity index (χ3n) is 1.86. The van der Waals surface area contributed by atoms with Crippen molar-refractivity contribution in [3.63, 3.8) is 0 Å². The standard InChI is InChI=1S/C9H7N3/c1-6-5-11-9-8(6)3-2-7(4-10)12-9/h2-3,5H,1H3,(H,11,12). The number of fused-ring (bicyclic) bond motifs is 1. The van der Waals surface area contributed by atoms with E-state index < -0.39 is 0 Å². The van der Waals surface area contributed by atoms with Gasteiger partial charge in [0.25, 0.3) is 0 Å². The molecule has 0 aliphatic heterocycles. The van der Waals surface area contributed by atoms with Crippen molar-refractivity contribution in [1.82, 2.24) is 9.97 Å². The minimum Gasteiger partial charge on any atom is -0.346 e. The van der Waals surface area contributed by atoms with E-state index in [1.165, 1.54) is 0 Å². The van der Waals surface area contributed by atoms with Crippen LogP contribution in [0.25, 0.3) is 11.0 Å². The summed E-state index contributed by atoms with van der Waals surface area (Å²) in [5.74, 6) is 0. The lowest BCUT2D eigenvalue weighted by Crippen LogP contribution is -1.81. The number of hydrogen-bond acceptors (Lipinski definition) is 2. The summed E-state index contributed by atoms with van der Waals surface area (Å²) in [5.41, 5.74) is 2.39. The van der Waals surface area contributed by atoms with Gasteiger partial charge in [0, 0.05) is 11.6 Å². The van der Waals surface area contributed by atoms with Crippen LogP contribution < -0.4 is 0 Å². The Morgan fingerprint density at radius 3 is 3.08 bits per heavy atom. The van der Waals surface area contributed by atoms with Crippen LogP contribution in [0.4, 0.5) is 0 Å². The normalized spacial score (nSPS) is 10.0. The summed E-state index contributed by atoms with van der Waals surface area (Å²) in [6, 6.07) is 5.63. The van der Waals surface area contributed by atoms with Gasteiger partial charge in [-0.05, 0) is 24.6 Å². The zero-order valence-electron chi connectivity index (χ0n) is 6.63. The highest BCUT2D eigenvalue weighted by molar-refractivity contribution is 5.79. The SMILES string of the molecule is Cc1c[nH]c2nc(C#N)ccc12. The number of H-pyrrole nitrogens is 1. The molecule has 3 nitrogen and oxygen atoms in total. The van der Waals surface area contributed by atoms with E-state index in [0.717, 1.165) is 16.6 Å². The fraction of sp³-hybridized carbons (Fsp3) is 0.111. The summed E-state index contributed by atoms with van der Waals surface area (Å²) in [7, 11) is 0. The Balaban J connectivity index is 2.80. The quantitative estimate of drug-likeness (QED) is 0.633. The van der Waals surface area contributed by atoms with E-state index in [4.69, 9.17) is 5.26 Å². The molecule has 1 N–H and O–H groups in total. The van der Waals surface area contributed by atoms with Crippen LogP contribution in [0.2, 0.25) is 0 Å². The lowest BCUT2D eigenvalue weighted by Gasteiger charge is -1.90. The summed E-state index contributed by atoms with van der Waals surface area (Å²) in [6.45, 7) is 2.01. The Morgan fingerprint density at radius 1 is 1.50 bits per heavy atom. The lowest BCUT2D eigenvalue weighted by molar-refractivity contribution is 1.28. The molecule has 58 valence electrons. The fourth-order valence-corrected chi connectivity index (χ4v) is 1.20. The third kappa shape index (κ3) is 0.857. The van der Waals surface area contributed by atoms with E-state index >= 15 is 0 Å². The topological polar surface area (TPSA) is 52.5 Å². The van der Waals surface area contributed by atoms with Gasteiger partial charge in [-0.2, -0.15) is 5.26 Å². The molecule has 0 atom stereocenters. The zero-order valence-corrected chi connectivity index (χ0v) is 6.63. The van der Waals surface area contributed by atoms with Crippen molar-refractivity contribution < 1.29 is 0 Å². The number of nitrogens with one attached hydrogen (secondary N) is 1. The third-order valence-corrected chi connectivity index (χ3v) is 1.86. The first-order valence-corrected chi connectivity index (χ1v) is 3.66. The number of nitriles is 1. The molecule has 0 aliphatic rings. The predicted molar refractivity (Wildman–Crippen MR) is 45.5 cm³/mol. The average Bonchev–Trinajstić information content (AvgIpc) is 2.47. The number of pyridine rings is 1. The molecule has 0 bridgehead atoms. The molecule has 2 heterocycles. The molecule has 0 saturated carbocycles. The van der Waals surface area contributed by atoms with Gasteiger partial charge < -0.3 is 4.98 Å². The maximum Gasteiger partial charge on any atom is 0.142 e. The van der Waals surface area contributed by atoms with Crippen molar-refractivity contribution in [2.24, 2.45) is 0 Å². The smallest absolute Gasteiger partial charge is 0.142 e. The molecule has 0 aromatic carbocycles. The summed E-state index contributed by atoms with van der Waals surface area (Å²) < 4.78 is 0. The second-order valence-corrected chi connectivity index (χ2v) is 2.68. The molecule has 0 spiro atoms. The van der Waals surface area contributed by atoms with Crippen molar-refractivity contribution >= 4 is 11.0 Å². The first-order chi connectivity index (χ1) is 5.81. The van der Waals surface area contributed by atoms with E-state index in [0.29, 0.717) is 5.69 Å². The highest BCUT2D eigenvalue weighted by Crippen LogP contribution is 2.14. The van der Waals surface area contributed by atoms with Crippen LogP contribution in [0.1, 0.15) is 11.3 Å². The van der Waals surface area contributed by atoms with Crippen molar-refractivity contribution in [1.29, 1.82) is 5.26 Å². The van der Waals surface area contributed by atoms with E-state index in [-0.39, 0.29) is 0 Å². The Hall–Kier alpha value is -1.82. The molecular formula is C9H7N3. The van der Waals surface area contributed by atoms with Gasteiger partial charge in [-0.3, -0.25) is 0 Å². The number of hydrogen-bond donors (Lipinski definition) is 1. The Labute approximate surface area is 69.7 Å². The van der Waals surface area contributed by atoms with Gasteiger partial charge in [-0.1, -0.05) is 0 Å². The average molecular weight is 157 g/mol. The van der Waals surface area contributed by atoms with E-state index in [9.17, 15) is 0 Å².